The molecule has 0 aromatic carbocycles. The van der Waals surface area contributed by atoms with E-state index < -0.39 is 46.7 Å². The van der Waals surface area contributed by atoms with Gasteiger partial charge in [0.15, 0.2) is 12.0 Å². The first kappa shape index (κ1) is 16.6. The van der Waals surface area contributed by atoms with Gasteiger partial charge in [0.1, 0.15) is 12.2 Å². The summed E-state index contributed by atoms with van der Waals surface area (Å²) in [6, 6.07) is 1.20. The molecule has 0 spiro atoms. The summed E-state index contributed by atoms with van der Waals surface area (Å²) in [5, 5.41) is 9.39. The molecule has 4 atom stereocenters. The summed E-state index contributed by atoms with van der Waals surface area (Å²) in [5.74, 6) is -0.884. The van der Waals surface area contributed by atoms with Crippen LogP contribution in [-0.4, -0.2) is 45.3 Å². The van der Waals surface area contributed by atoms with Crippen LogP contribution in [0.1, 0.15) is 26.5 Å². The molecule has 11 nitrogen and oxygen atoms in total. The molecule has 2 fully saturated rings. The van der Waals surface area contributed by atoms with Crippen molar-refractivity contribution in [2.24, 2.45) is 0 Å². The third-order valence-corrected chi connectivity index (χ3v) is 3.85. The standard InChI is InChI=1S/C13H17N3O8/c1-13(2)23-9-7(4-6-21-16(19)20)22-11(10(9)24-13)15-5-3-8(17)14-12(15)18/h3,5,7,9-11H,4,6H2,1-2H3,(H,14,17,18)/t7-,9-,10-,11-/m1/s1. The van der Waals surface area contributed by atoms with E-state index in [9.17, 15) is 19.7 Å². The summed E-state index contributed by atoms with van der Waals surface area (Å²) >= 11 is 0. The molecule has 3 heterocycles. The van der Waals surface area contributed by atoms with Crippen molar-refractivity contribution in [1.82, 2.24) is 9.55 Å². The summed E-state index contributed by atoms with van der Waals surface area (Å²) in [4.78, 5) is 40.0. The van der Waals surface area contributed by atoms with Crippen molar-refractivity contribution >= 4 is 0 Å². The highest BCUT2D eigenvalue weighted by molar-refractivity contribution is 4.98. The Balaban J connectivity index is 1.83. The molecule has 2 aliphatic rings. The van der Waals surface area contributed by atoms with Gasteiger partial charge in [-0.2, -0.15) is 0 Å². The Morgan fingerprint density at radius 2 is 2.08 bits per heavy atom. The average molecular weight is 343 g/mol. The zero-order valence-corrected chi connectivity index (χ0v) is 13.0. The molecule has 0 radical (unpaired) electrons. The number of nitrogens with one attached hydrogen (secondary N) is 1. The van der Waals surface area contributed by atoms with Crippen LogP contribution in [0.2, 0.25) is 0 Å². The number of H-pyrrole nitrogens is 1. The van der Waals surface area contributed by atoms with E-state index in [4.69, 9.17) is 14.2 Å². The molecule has 11 heteroatoms. The van der Waals surface area contributed by atoms with Crippen molar-refractivity contribution in [1.29, 1.82) is 0 Å². The fourth-order valence-electron chi connectivity index (χ4n) is 2.99. The predicted octanol–water partition coefficient (Wildman–Crippen LogP) is -0.447. The zero-order chi connectivity index (χ0) is 17.5. The number of hydrogen-bond acceptors (Lipinski definition) is 8. The third kappa shape index (κ3) is 3.18. The van der Waals surface area contributed by atoms with E-state index in [1.165, 1.54) is 16.8 Å². The molecule has 0 bridgehead atoms. The normalized spacial score (nSPS) is 30.9. The van der Waals surface area contributed by atoms with Crippen LogP contribution in [0.3, 0.4) is 0 Å². The van der Waals surface area contributed by atoms with Gasteiger partial charge in [-0.3, -0.25) is 14.3 Å². The maximum Gasteiger partial charge on any atom is 0.330 e. The van der Waals surface area contributed by atoms with E-state index in [2.05, 4.69) is 9.82 Å². The van der Waals surface area contributed by atoms with Crippen molar-refractivity contribution in [2.45, 2.75) is 50.6 Å². The van der Waals surface area contributed by atoms with Crippen molar-refractivity contribution < 1.29 is 24.1 Å². The average Bonchev–Trinajstić information content (AvgIpc) is 2.93. The lowest BCUT2D eigenvalue weighted by Gasteiger charge is -2.24. The second-order valence-electron chi connectivity index (χ2n) is 5.99. The van der Waals surface area contributed by atoms with E-state index in [1.54, 1.807) is 13.8 Å². The van der Waals surface area contributed by atoms with Crippen LogP contribution in [0, 0.1) is 10.1 Å². The maximum atomic E-state index is 12.0. The van der Waals surface area contributed by atoms with E-state index in [1.807, 2.05) is 0 Å². The zero-order valence-electron chi connectivity index (χ0n) is 13.0. The first-order valence-corrected chi connectivity index (χ1v) is 7.37. The van der Waals surface area contributed by atoms with Crippen LogP contribution >= 0.6 is 0 Å². The van der Waals surface area contributed by atoms with Gasteiger partial charge in [0.2, 0.25) is 0 Å². The number of ether oxygens (including phenoxy) is 3. The number of rotatable bonds is 5. The fourth-order valence-corrected chi connectivity index (χ4v) is 2.99. The van der Waals surface area contributed by atoms with Gasteiger partial charge >= 0.3 is 5.69 Å². The Bertz CT molecular complexity index is 741. The SMILES string of the molecule is CC1(C)O[C@@H]2[C@H](O1)[C@@H](CCO[N+](=O)[O-])O[C@H]2n1ccc(=O)[nH]c1=O. The molecular weight excluding hydrogens is 326 g/mol. The summed E-state index contributed by atoms with van der Waals surface area (Å²) < 4.78 is 18.6. The highest BCUT2D eigenvalue weighted by Gasteiger charge is 2.55. The lowest BCUT2D eigenvalue weighted by Crippen LogP contribution is -2.37. The molecule has 2 saturated heterocycles. The smallest absolute Gasteiger partial charge is 0.330 e. The molecule has 1 aromatic heterocycles. The highest BCUT2D eigenvalue weighted by Crippen LogP contribution is 2.43. The number of aromatic amines is 1. The molecule has 132 valence electrons. The van der Waals surface area contributed by atoms with Crippen LogP contribution in [0.15, 0.2) is 21.9 Å². The molecular formula is C13H17N3O8. The molecule has 2 aliphatic heterocycles. The van der Waals surface area contributed by atoms with Gasteiger partial charge in [-0.25, -0.2) is 4.79 Å². The van der Waals surface area contributed by atoms with Crippen LogP contribution < -0.4 is 11.2 Å². The lowest BCUT2D eigenvalue weighted by atomic mass is 10.1. The van der Waals surface area contributed by atoms with Crippen LogP contribution in [0.4, 0.5) is 0 Å². The molecule has 0 aliphatic carbocycles. The van der Waals surface area contributed by atoms with Gasteiger partial charge in [-0.1, -0.05) is 0 Å². The molecule has 1 aromatic rings. The van der Waals surface area contributed by atoms with E-state index >= 15 is 0 Å². The fraction of sp³-hybridized carbons (Fsp3) is 0.692. The van der Waals surface area contributed by atoms with Gasteiger partial charge in [0.25, 0.3) is 10.6 Å². The van der Waals surface area contributed by atoms with Crippen molar-refractivity contribution in [3.05, 3.63) is 43.2 Å². The predicted molar refractivity (Wildman–Crippen MR) is 76.6 cm³/mol. The molecule has 0 saturated carbocycles. The Kier molecular flexibility index (Phi) is 4.15. The lowest BCUT2D eigenvalue weighted by molar-refractivity contribution is -0.758. The molecule has 0 unspecified atom stereocenters. The van der Waals surface area contributed by atoms with E-state index in [0.29, 0.717) is 0 Å². The number of aromatic nitrogens is 2. The van der Waals surface area contributed by atoms with Crippen molar-refractivity contribution in [2.75, 3.05) is 6.61 Å². The quantitative estimate of drug-likeness (QED) is 0.561. The van der Waals surface area contributed by atoms with E-state index in [-0.39, 0.29) is 13.0 Å². The van der Waals surface area contributed by atoms with E-state index in [0.717, 1.165) is 0 Å². The topological polar surface area (TPSA) is 135 Å². The first-order chi connectivity index (χ1) is 11.3. The number of hydrogen-bond donors (Lipinski definition) is 1. The third-order valence-electron chi connectivity index (χ3n) is 3.85. The summed E-state index contributed by atoms with van der Waals surface area (Å²) in [7, 11) is 0. The van der Waals surface area contributed by atoms with Gasteiger partial charge in [0, 0.05) is 12.3 Å². The molecule has 3 rings (SSSR count). The number of fused-ring (bicyclic) bond motifs is 1. The highest BCUT2D eigenvalue weighted by atomic mass is 16.9. The van der Waals surface area contributed by atoms with Gasteiger partial charge < -0.3 is 19.0 Å². The molecule has 1 N–H and O–H groups in total. The first-order valence-electron chi connectivity index (χ1n) is 7.37. The minimum atomic E-state index is -0.884. The Hall–Kier alpha value is -2.24. The molecule has 0 amide bonds. The summed E-state index contributed by atoms with van der Waals surface area (Å²) in [5.41, 5.74) is -1.16. The van der Waals surface area contributed by atoms with Gasteiger partial charge in [-0.05, 0) is 20.3 Å². The van der Waals surface area contributed by atoms with Crippen molar-refractivity contribution in [3.8, 4) is 0 Å². The summed E-state index contributed by atoms with van der Waals surface area (Å²) in [6.45, 7) is 3.28. The minimum Gasteiger partial charge on any atom is -0.349 e. The van der Waals surface area contributed by atoms with Crippen molar-refractivity contribution in [3.63, 3.8) is 0 Å². The van der Waals surface area contributed by atoms with Gasteiger partial charge in [0.05, 0.1) is 12.7 Å². The van der Waals surface area contributed by atoms with Crippen LogP contribution in [-0.2, 0) is 19.0 Å². The second kappa shape index (κ2) is 6.00. The van der Waals surface area contributed by atoms with Crippen LogP contribution in [0.25, 0.3) is 0 Å². The Morgan fingerprint density at radius 3 is 2.75 bits per heavy atom. The largest absolute Gasteiger partial charge is 0.349 e. The monoisotopic (exact) mass is 343 g/mol. The summed E-state index contributed by atoms with van der Waals surface area (Å²) in [6.07, 6.45) is -0.977. The van der Waals surface area contributed by atoms with Crippen LogP contribution in [0.5, 0.6) is 0 Å². The minimum absolute atomic E-state index is 0.169. The Labute approximate surface area is 135 Å². The van der Waals surface area contributed by atoms with Gasteiger partial charge in [-0.15, -0.1) is 10.1 Å². The number of nitrogens with zero attached hydrogens (tertiary/aromatic N) is 2. The molecule has 24 heavy (non-hydrogen) atoms. The second-order valence-corrected chi connectivity index (χ2v) is 5.99. The Morgan fingerprint density at radius 1 is 1.38 bits per heavy atom. The maximum absolute atomic E-state index is 12.0.